The number of nitrogen functional groups attached to an aromatic ring is 1. The van der Waals surface area contributed by atoms with Crippen LogP contribution in [-0.2, 0) is 10.0 Å². The fraction of sp³-hybridized carbons (Fsp3) is 0.429. The molecule has 1 aliphatic carbocycles. The van der Waals surface area contributed by atoms with Crippen molar-refractivity contribution in [1.82, 2.24) is 4.31 Å². The summed E-state index contributed by atoms with van der Waals surface area (Å²) in [7, 11) is -3.78. The number of nitrogens with zero attached hydrogens (tertiary/aromatic N) is 1. The highest BCUT2D eigenvalue weighted by molar-refractivity contribution is 7.89. The third-order valence-corrected chi connectivity index (χ3v) is 6.31. The lowest BCUT2D eigenvalue weighted by Crippen LogP contribution is -2.39. The minimum Gasteiger partial charge on any atom is -0.398 e. The number of rotatable bonds is 5. The molecule has 1 aromatic carbocycles. The van der Waals surface area contributed by atoms with Gasteiger partial charge in [-0.2, -0.15) is 4.31 Å². The van der Waals surface area contributed by atoms with Gasteiger partial charge in [-0.15, -0.1) is 6.58 Å². The Labute approximate surface area is 135 Å². The van der Waals surface area contributed by atoms with Crippen molar-refractivity contribution in [3.8, 4) is 0 Å². The average Bonchev–Trinajstić information content (AvgIpc) is 2.87. The molecule has 116 valence electrons. The van der Waals surface area contributed by atoms with Gasteiger partial charge in [0.15, 0.2) is 0 Å². The lowest BCUT2D eigenvalue weighted by Gasteiger charge is -2.27. The molecule has 0 spiro atoms. The minimum atomic E-state index is -3.78. The molecule has 1 aromatic rings. The van der Waals surface area contributed by atoms with E-state index in [9.17, 15) is 8.42 Å². The van der Waals surface area contributed by atoms with Crippen LogP contribution in [0.1, 0.15) is 25.7 Å². The number of benzene rings is 1. The molecule has 7 heteroatoms. The normalized spacial score (nSPS) is 16.5. The van der Waals surface area contributed by atoms with Gasteiger partial charge < -0.3 is 5.73 Å². The van der Waals surface area contributed by atoms with Gasteiger partial charge in [0.25, 0.3) is 0 Å². The number of nitrogens with two attached hydrogens (primary N) is 1. The summed E-state index contributed by atoms with van der Waals surface area (Å²) in [5, 5.41) is 0.361. The highest BCUT2D eigenvalue weighted by Crippen LogP contribution is 2.36. The number of hydrogen-bond donors (Lipinski definition) is 1. The molecule has 0 aliphatic heterocycles. The number of anilines is 1. The Morgan fingerprint density at radius 3 is 2.48 bits per heavy atom. The molecule has 0 unspecified atom stereocenters. The van der Waals surface area contributed by atoms with E-state index in [-0.39, 0.29) is 28.2 Å². The maximum atomic E-state index is 12.9. The van der Waals surface area contributed by atoms with Gasteiger partial charge in [0.05, 0.1) is 10.7 Å². The fourth-order valence-corrected chi connectivity index (χ4v) is 5.34. The predicted molar refractivity (Wildman–Crippen MR) is 87.2 cm³/mol. The van der Waals surface area contributed by atoms with Crippen molar-refractivity contribution in [2.24, 2.45) is 0 Å². The second kappa shape index (κ2) is 6.57. The zero-order valence-corrected chi connectivity index (χ0v) is 13.9. The van der Waals surface area contributed by atoms with Crippen LogP contribution in [0.3, 0.4) is 0 Å². The van der Waals surface area contributed by atoms with E-state index in [4.69, 9.17) is 28.9 Å². The molecule has 2 rings (SSSR count). The topological polar surface area (TPSA) is 63.4 Å². The fourth-order valence-electron chi connectivity index (χ4n) is 2.73. The minimum absolute atomic E-state index is 0.0286. The smallest absolute Gasteiger partial charge is 0.247 e. The van der Waals surface area contributed by atoms with E-state index in [0.29, 0.717) is 5.02 Å². The van der Waals surface area contributed by atoms with Crippen molar-refractivity contribution >= 4 is 38.9 Å². The van der Waals surface area contributed by atoms with Crippen molar-refractivity contribution < 1.29 is 8.42 Å². The first-order valence-electron chi connectivity index (χ1n) is 6.75. The first kappa shape index (κ1) is 16.6. The third kappa shape index (κ3) is 3.37. The van der Waals surface area contributed by atoms with Crippen LogP contribution in [0.15, 0.2) is 29.7 Å². The van der Waals surface area contributed by atoms with E-state index in [1.807, 2.05) is 0 Å². The van der Waals surface area contributed by atoms with Crippen molar-refractivity contribution in [1.29, 1.82) is 0 Å². The molecule has 0 amide bonds. The van der Waals surface area contributed by atoms with E-state index in [1.165, 1.54) is 16.4 Å². The summed E-state index contributed by atoms with van der Waals surface area (Å²) in [6.07, 6.45) is 5.32. The van der Waals surface area contributed by atoms with Gasteiger partial charge in [-0.05, 0) is 25.0 Å². The van der Waals surface area contributed by atoms with Crippen molar-refractivity contribution in [3.05, 3.63) is 34.8 Å². The standard InChI is InChI=1S/C14H18Cl2N2O2S/c1-2-7-18(11-5-3-4-6-11)21(19,20)14-12(16)8-10(15)9-13(14)17/h2,8-9,11H,1,3-7,17H2. The summed E-state index contributed by atoms with van der Waals surface area (Å²) in [6.45, 7) is 3.89. The van der Waals surface area contributed by atoms with E-state index in [1.54, 1.807) is 6.08 Å². The lowest BCUT2D eigenvalue weighted by atomic mass is 10.2. The lowest BCUT2D eigenvalue weighted by molar-refractivity contribution is 0.348. The Kier molecular flexibility index (Phi) is 5.20. The van der Waals surface area contributed by atoms with E-state index in [0.717, 1.165) is 25.7 Å². The van der Waals surface area contributed by atoms with Crippen LogP contribution in [0.25, 0.3) is 0 Å². The number of sulfonamides is 1. The predicted octanol–water partition coefficient (Wildman–Crippen LogP) is 3.69. The molecular formula is C14H18Cl2N2O2S. The summed E-state index contributed by atoms with van der Waals surface area (Å²) in [6, 6.07) is 2.77. The Bertz CT molecular complexity index is 617. The zero-order valence-electron chi connectivity index (χ0n) is 11.6. The zero-order chi connectivity index (χ0) is 15.6. The molecule has 4 nitrogen and oxygen atoms in total. The molecule has 1 fully saturated rings. The van der Waals surface area contributed by atoms with Gasteiger partial charge in [0, 0.05) is 17.6 Å². The largest absolute Gasteiger partial charge is 0.398 e. The third-order valence-electron chi connectivity index (χ3n) is 3.64. The highest BCUT2D eigenvalue weighted by Gasteiger charge is 2.35. The maximum Gasteiger partial charge on any atom is 0.247 e. The molecular weight excluding hydrogens is 331 g/mol. The quantitative estimate of drug-likeness (QED) is 0.651. The second-order valence-corrected chi connectivity index (χ2v) is 7.78. The summed E-state index contributed by atoms with van der Waals surface area (Å²) >= 11 is 11.9. The number of halogens is 2. The second-order valence-electron chi connectivity index (χ2n) is 5.11. The van der Waals surface area contributed by atoms with Gasteiger partial charge in [0.2, 0.25) is 10.0 Å². The van der Waals surface area contributed by atoms with Crippen LogP contribution < -0.4 is 5.73 Å². The molecule has 0 heterocycles. The molecule has 2 N–H and O–H groups in total. The van der Waals surface area contributed by atoms with Gasteiger partial charge in [-0.1, -0.05) is 42.1 Å². The Morgan fingerprint density at radius 2 is 1.95 bits per heavy atom. The highest BCUT2D eigenvalue weighted by atomic mass is 35.5. The van der Waals surface area contributed by atoms with Crippen LogP contribution in [0.2, 0.25) is 10.0 Å². The summed E-state index contributed by atoms with van der Waals surface area (Å²) in [5.41, 5.74) is 5.91. The SMILES string of the molecule is C=CCN(C1CCCC1)S(=O)(=O)c1c(N)cc(Cl)cc1Cl. The molecule has 0 saturated heterocycles. The first-order valence-corrected chi connectivity index (χ1v) is 8.94. The molecule has 1 saturated carbocycles. The summed E-state index contributed by atoms with van der Waals surface area (Å²) < 4.78 is 27.3. The van der Waals surface area contributed by atoms with Gasteiger partial charge >= 0.3 is 0 Å². The van der Waals surface area contributed by atoms with Gasteiger partial charge in [0.1, 0.15) is 4.90 Å². The van der Waals surface area contributed by atoms with Crippen LogP contribution in [-0.4, -0.2) is 25.3 Å². The first-order chi connectivity index (χ1) is 9.87. The Morgan fingerprint density at radius 1 is 1.33 bits per heavy atom. The van der Waals surface area contributed by atoms with E-state index < -0.39 is 10.0 Å². The van der Waals surface area contributed by atoms with Crippen molar-refractivity contribution in [2.45, 2.75) is 36.6 Å². The molecule has 1 aliphatic rings. The average molecular weight is 349 g/mol. The van der Waals surface area contributed by atoms with Crippen LogP contribution >= 0.6 is 23.2 Å². The van der Waals surface area contributed by atoms with Crippen LogP contribution in [0.4, 0.5) is 5.69 Å². The van der Waals surface area contributed by atoms with E-state index >= 15 is 0 Å². The Hall–Kier alpha value is -0.750. The Balaban J connectivity index is 2.50. The maximum absolute atomic E-state index is 12.9. The number of hydrogen-bond acceptors (Lipinski definition) is 3. The van der Waals surface area contributed by atoms with Crippen LogP contribution in [0, 0.1) is 0 Å². The van der Waals surface area contributed by atoms with Gasteiger partial charge in [-0.25, -0.2) is 8.42 Å². The van der Waals surface area contributed by atoms with Crippen LogP contribution in [0.5, 0.6) is 0 Å². The summed E-state index contributed by atoms with van der Waals surface area (Å²) in [5.74, 6) is 0. The van der Waals surface area contributed by atoms with Crippen molar-refractivity contribution in [3.63, 3.8) is 0 Å². The monoisotopic (exact) mass is 348 g/mol. The molecule has 0 atom stereocenters. The molecule has 0 aromatic heterocycles. The molecule has 0 bridgehead atoms. The van der Waals surface area contributed by atoms with Gasteiger partial charge in [-0.3, -0.25) is 0 Å². The van der Waals surface area contributed by atoms with Crippen molar-refractivity contribution in [2.75, 3.05) is 12.3 Å². The summed E-state index contributed by atoms with van der Waals surface area (Å²) in [4.78, 5) is -0.0673. The van der Waals surface area contributed by atoms with E-state index in [2.05, 4.69) is 6.58 Å². The molecule has 21 heavy (non-hydrogen) atoms. The molecule has 0 radical (unpaired) electrons.